The van der Waals surface area contributed by atoms with Gasteiger partial charge in [0.2, 0.25) is 5.91 Å². The Hall–Kier alpha value is -3.06. The van der Waals surface area contributed by atoms with E-state index in [4.69, 9.17) is 9.47 Å². The van der Waals surface area contributed by atoms with E-state index in [9.17, 15) is 4.79 Å². The highest BCUT2D eigenvalue weighted by Gasteiger charge is 2.15. The molecule has 3 aromatic rings. The number of rotatable bonds is 4. The lowest BCUT2D eigenvalue weighted by atomic mass is 10.2. The van der Waals surface area contributed by atoms with Crippen LogP contribution in [0.15, 0.2) is 65.4 Å². The Labute approximate surface area is 164 Å². The minimum atomic E-state index is -0.250. The third kappa shape index (κ3) is 4.03. The van der Waals surface area contributed by atoms with Crippen molar-refractivity contribution in [2.45, 2.75) is 0 Å². The molecule has 0 saturated heterocycles. The molecule has 1 aliphatic rings. The zero-order chi connectivity index (χ0) is 18.6. The number of carbonyl (C=O) groups is 1. The van der Waals surface area contributed by atoms with Gasteiger partial charge in [-0.25, -0.2) is 4.68 Å². The van der Waals surface area contributed by atoms with E-state index in [1.165, 1.54) is 6.08 Å². The minimum absolute atomic E-state index is 0.250. The normalized spacial score (nSPS) is 12.9. The Morgan fingerprint density at radius 3 is 2.67 bits per heavy atom. The Bertz CT molecular complexity index is 999. The van der Waals surface area contributed by atoms with Crippen LogP contribution in [0.3, 0.4) is 0 Å². The molecule has 1 N–H and O–H groups in total. The second-order valence-corrected chi connectivity index (χ2v) is 6.71. The first-order valence-corrected chi connectivity index (χ1v) is 9.17. The average molecular weight is 426 g/mol. The first-order valence-electron chi connectivity index (χ1n) is 8.37. The molecule has 0 aliphatic carbocycles. The van der Waals surface area contributed by atoms with Gasteiger partial charge in [0.15, 0.2) is 11.5 Å². The van der Waals surface area contributed by atoms with Crippen molar-refractivity contribution in [3.63, 3.8) is 0 Å². The van der Waals surface area contributed by atoms with Crippen molar-refractivity contribution in [1.82, 2.24) is 9.78 Å². The van der Waals surface area contributed by atoms with Gasteiger partial charge in [-0.3, -0.25) is 4.79 Å². The molecule has 2 aromatic carbocycles. The van der Waals surface area contributed by atoms with Gasteiger partial charge >= 0.3 is 0 Å². The number of hydrogen-bond acceptors (Lipinski definition) is 4. The van der Waals surface area contributed by atoms with Gasteiger partial charge in [0, 0.05) is 34.4 Å². The highest BCUT2D eigenvalue weighted by atomic mass is 79.9. The molecule has 1 amide bonds. The van der Waals surface area contributed by atoms with Crippen molar-refractivity contribution in [2.75, 3.05) is 18.5 Å². The number of aromatic nitrogens is 2. The third-order valence-electron chi connectivity index (χ3n) is 3.94. The van der Waals surface area contributed by atoms with E-state index in [1.807, 2.05) is 36.5 Å². The van der Waals surface area contributed by atoms with E-state index >= 15 is 0 Å². The number of halogens is 1. The SMILES string of the molecule is O=C(/C=C/c1cnn(-c2ccccc2)c1)Nc1cc2c(cc1Br)OCCO2. The molecule has 7 heteroatoms. The summed E-state index contributed by atoms with van der Waals surface area (Å²) < 4.78 is 13.6. The maximum atomic E-state index is 12.3. The summed E-state index contributed by atoms with van der Waals surface area (Å²) in [5, 5.41) is 7.14. The summed E-state index contributed by atoms with van der Waals surface area (Å²) in [6, 6.07) is 13.3. The fourth-order valence-electron chi connectivity index (χ4n) is 2.65. The monoisotopic (exact) mass is 425 g/mol. The van der Waals surface area contributed by atoms with E-state index in [0.29, 0.717) is 30.4 Å². The molecule has 0 spiro atoms. The summed E-state index contributed by atoms with van der Waals surface area (Å²) >= 11 is 3.44. The summed E-state index contributed by atoms with van der Waals surface area (Å²) in [4.78, 5) is 12.3. The number of nitrogens with zero attached hydrogens (tertiary/aromatic N) is 2. The fraction of sp³-hybridized carbons (Fsp3) is 0.100. The summed E-state index contributed by atoms with van der Waals surface area (Å²) in [6.07, 6.45) is 6.75. The van der Waals surface area contributed by atoms with Crippen LogP contribution in [0.1, 0.15) is 5.56 Å². The molecule has 4 rings (SSSR count). The van der Waals surface area contributed by atoms with Crippen LogP contribution in [-0.2, 0) is 4.79 Å². The van der Waals surface area contributed by atoms with Crippen LogP contribution in [0.2, 0.25) is 0 Å². The maximum absolute atomic E-state index is 12.3. The number of amides is 1. The van der Waals surface area contributed by atoms with Gasteiger partial charge < -0.3 is 14.8 Å². The standard InChI is InChI=1S/C20H16BrN3O3/c21-16-10-18-19(27-9-8-26-18)11-17(16)23-20(25)7-6-14-12-22-24(13-14)15-4-2-1-3-5-15/h1-7,10-13H,8-9H2,(H,23,25)/b7-6+. The number of nitrogens with one attached hydrogen (secondary N) is 1. The Morgan fingerprint density at radius 2 is 1.89 bits per heavy atom. The topological polar surface area (TPSA) is 65.4 Å². The molecule has 136 valence electrons. The molecule has 0 bridgehead atoms. The minimum Gasteiger partial charge on any atom is -0.486 e. The summed E-state index contributed by atoms with van der Waals surface area (Å²) in [7, 11) is 0. The van der Waals surface area contributed by atoms with Crippen molar-refractivity contribution >= 4 is 33.6 Å². The third-order valence-corrected chi connectivity index (χ3v) is 4.60. The highest BCUT2D eigenvalue weighted by molar-refractivity contribution is 9.10. The van der Waals surface area contributed by atoms with E-state index in [2.05, 4.69) is 26.3 Å². The number of hydrogen-bond donors (Lipinski definition) is 1. The first-order chi connectivity index (χ1) is 13.2. The number of anilines is 1. The maximum Gasteiger partial charge on any atom is 0.248 e. The van der Waals surface area contributed by atoms with Crippen LogP contribution in [0.25, 0.3) is 11.8 Å². The molecule has 27 heavy (non-hydrogen) atoms. The molecule has 0 radical (unpaired) electrons. The lowest BCUT2D eigenvalue weighted by Gasteiger charge is -2.19. The van der Waals surface area contributed by atoms with E-state index in [-0.39, 0.29) is 5.91 Å². The van der Waals surface area contributed by atoms with Gasteiger partial charge in [-0.1, -0.05) is 18.2 Å². The van der Waals surface area contributed by atoms with Gasteiger partial charge in [-0.15, -0.1) is 0 Å². The average Bonchev–Trinajstić information content (AvgIpc) is 3.17. The molecular weight excluding hydrogens is 410 g/mol. The van der Waals surface area contributed by atoms with Crippen molar-refractivity contribution < 1.29 is 14.3 Å². The van der Waals surface area contributed by atoms with Crippen LogP contribution < -0.4 is 14.8 Å². The largest absolute Gasteiger partial charge is 0.486 e. The second-order valence-electron chi connectivity index (χ2n) is 5.85. The van der Waals surface area contributed by atoms with Crippen LogP contribution in [-0.4, -0.2) is 28.9 Å². The molecule has 6 nitrogen and oxygen atoms in total. The smallest absolute Gasteiger partial charge is 0.248 e. The Balaban J connectivity index is 1.45. The molecule has 0 unspecified atom stereocenters. The van der Waals surface area contributed by atoms with Gasteiger partial charge in [-0.05, 0) is 34.1 Å². The molecule has 2 heterocycles. The van der Waals surface area contributed by atoms with E-state index in [1.54, 1.807) is 29.1 Å². The van der Waals surface area contributed by atoms with Gasteiger partial charge in [0.25, 0.3) is 0 Å². The molecule has 0 saturated carbocycles. The zero-order valence-corrected chi connectivity index (χ0v) is 15.8. The summed E-state index contributed by atoms with van der Waals surface area (Å²) in [6.45, 7) is 1.01. The predicted octanol–water partition coefficient (Wildman–Crippen LogP) is 4.06. The lowest BCUT2D eigenvalue weighted by molar-refractivity contribution is -0.111. The van der Waals surface area contributed by atoms with Crippen LogP contribution in [0.5, 0.6) is 11.5 Å². The van der Waals surface area contributed by atoms with Crippen LogP contribution in [0, 0.1) is 0 Å². The number of ether oxygens (including phenoxy) is 2. The van der Waals surface area contributed by atoms with Gasteiger partial charge in [0.05, 0.1) is 17.6 Å². The molecule has 1 aromatic heterocycles. The summed E-state index contributed by atoms with van der Waals surface area (Å²) in [5.74, 6) is 1.03. The first kappa shape index (κ1) is 17.4. The number of carbonyl (C=O) groups excluding carboxylic acids is 1. The number of benzene rings is 2. The van der Waals surface area contributed by atoms with Crippen molar-refractivity contribution in [2.24, 2.45) is 0 Å². The number of para-hydroxylation sites is 1. The molecule has 0 fully saturated rings. The highest BCUT2D eigenvalue weighted by Crippen LogP contribution is 2.38. The summed E-state index contributed by atoms with van der Waals surface area (Å²) in [5.41, 5.74) is 2.41. The van der Waals surface area contributed by atoms with E-state index < -0.39 is 0 Å². The molecule has 1 aliphatic heterocycles. The van der Waals surface area contributed by atoms with Crippen molar-refractivity contribution in [3.8, 4) is 17.2 Å². The molecular formula is C20H16BrN3O3. The van der Waals surface area contributed by atoms with Crippen LogP contribution >= 0.6 is 15.9 Å². The fourth-order valence-corrected chi connectivity index (χ4v) is 3.07. The van der Waals surface area contributed by atoms with Crippen LogP contribution in [0.4, 0.5) is 5.69 Å². The zero-order valence-electron chi connectivity index (χ0n) is 14.3. The van der Waals surface area contributed by atoms with Gasteiger partial charge in [0.1, 0.15) is 13.2 Å². The molecule has 0 atom stereocenters. The van der Waals surface area contributed by atoms with Gasteiger partial charge in [-0.2, -0.15) is 5.10 Å². The quantitative estimate of drug-likeness (QED) is 0.640. The lowest BCUT2D eigenvalue weighted by Crippen LogP contribution is -2.16. The van der Waals surface area contributed by atoms with Crippen molar-refractivity contribution in [3.05, 3.63) is 71.0 Å². The second kappa shape index (κ2) is 7.67. The van der Waals surface area contributed by atoms with E-state index in [0.717, 1.165) is 15.7 Å². The Kier molecular flexibility index (Phi) is 4.93. The van der Waals surface area contributed by atoms with Crippen molar-refractivity contribution in [1.29, 1.82) is 0 Å². The number of fused-ring (bicyclic) bond motifs is 1. The Morgan fingerprint density at radius 1 is 1.15 bits per heavy atom. The predicted molar refractivity (Wildman–Crippen MR) is 106 cm³/mol.